The lowest BCUT2D eigenvalue weighted by Crippen LogP contribution is -2.49. The zero-order valence-electron chi connectivity index (χ0n) is 13.2. The maximum atomic E-state index is 12.4. The highest BCUT2D eigenvalue weighted by Crippen LogP contribution is 2.25. The van der Waals surface area contributed by atoms with Gasteiger partial charge in [0.05, 0.1) is 5.75 Å². The third-order valence-corrected chi connectivity index (χ3v) is 6.76. The molecule has 0 radical (unpaired) electrons. The van der Waals surface area contributed by atoms with E-state index in [1.54, 1.807) is 0 Å². The molecule has 122 valence electrons. The molecule has 0 bridgehead atoms. The molecule has 5 nitrogen and oxygen atoms in total. The maximum absolute atomic E-state index is 12.4. The molecule has 1 saturated heterocycles. The Morgan fingerprint density at radius 1 is 1.19 bits per heavy atom. The molecule has 1 saturated carbocycles. The number of amides is 1. The number of hydrogen-bond donors (Lipinski definition) is 1. The average Bonchev–Trinajstić information content (AvgIpc) is 2.91. The SMILES string of the molecule is CCCS(=O)(=O)N1CCCC1C(=O)NC1CCC(C)CC1. The van der Waals surface area contributed by atoms with Gasteiger partial charge in [0, 0.05) is 12.6 Å². The van der Waals surface area contributed by atoms with E-state index in [0.29, 0.717) is 19.4 Å². The summed E-state index contributed by atoms with van der Waals surface area (Å²) in [7, 11) is -3.28. The largest absolute Gasteiger partial charge is 0.352 e. The molecule has 1 amide bonds. The highest BCUT2D eigenvalue weighted by Gasteiger charge is 2.38. The van der Waals surface area contributed by atoms with Crippen molar-refractivity contribution in [1.82, 2.24) is 9.62 Å². The van der Waals surface area contributed by atoms with Crippen molar-refractivity contribution in [3.63, 3.8) is 0 Å². The highest BCUT2D eigenvalue weighted by molar-refractivity contribution is 7.89. The molecule has 2 aliphatic rings. The first kappa shape index (κ1) is 16.7. The first-order valence-corrected chi connectivity index (χ1v) is 9.85. The Balaban J connectivity index is 1.95. The van der Waals surface area contributed by atoms with Crippen LogP contribution in [-0.2, 0) is 14.8 Å². The summed E-state index contributed by atoms with van der Waals surface area (Å²) in [6.45, 7) is 4.59. The topological polar surface area (TPSA) is 66.5 Å². The molecule has 1 aliphatic carbocycles. The van der Waals surface area contributed by atoms with Gasteiger partial charge in [0.2, 0.25) is 15.9 Å². The predicted octanol–water partition coefficient (Wildman–Crippen LogP) is 1.89. The van der Waals surface area contributed by atoms with Gasteiger partial charge in [0.1, 0.15) is 6.04 Å². The molecule has 0 aromatic heterocycles. The number of carbonyl (C=O) groups is 1. The van der Waals surface area contributed by atoms with Gasteiger partial charge in [-0.3, -0.25) is 4.79 Å². The Labute approximate surface area is 128 Å². The number of carbonyl (C=O) groups excluding carboxylic acids is 1. The van der Waals surface area contributed by atoms with Crippen LogP contribution in [0.15, 0.2) is 0 Å². The van der Waals surface area contributed by atoms with Crippen molar-refractivity contribution in [3.8, 4) is 0 Å². The first-order valence-electron chi connectivity index (χ1n) is 8.24. The summed E-state index contributed by atoms with van der Waals surface area (Å²) in [6, 6.07) is -0.258. The second-order valence-electron chi connectivity index (χ2n) is 6.55. The van der Waals surface area contributed by atoms with Gasteiger partial charge in [-0.05, 0) is 50.9 Å². The monoisotopic (exact) mass is 316 g/mol. The molecular formula is C15H28N2O3S. The molecule has 1 unspecified atom stereocenters. The van der Waals surface area contributed by atoms with Crippen LogP contribution >= 0.6 is 0 Å². The molecule has 1 N–H and O–H groups in total. The van der Waals surface area contributed by atoms with Crippen molar-refractivity contribution in [3.05, 3.63) is 0 Å². The van der Waals surface area contributed by atoms with Crippen LogP contribution in [0.3, 0.4) is 0 Å². The lowest BCUT2D eigenvalue weighted by Gasteiger charge is -2.29. The molecule has 0 spiro atoms. The van der Waals surface area contributed by atoms with E-state index in [1.165, 1.54) is 4.31 Å². The van der Waals surface area contributed by atoms with E-state index in [9.17, 15) is 13.2 Å². The highest BCUT2D eigenvalue weighted by atomic mass is 32.2. The zero-order valence-corrected chi connectivity index (χ0v) is 14.0. The number of nitrogens with zero attached hydrogens (tertiary/aromatic N) is 1. The lowest BCUT2D eigenvalue weighted by atomic mass is 9.87. The number of rotatable bonds is 5. The van der Waals surface area contributed by atoms with E-state index in [2.05, 4.69) is 12.2 Å². The van der Waals surface area contributed by atoms with Crippen molar-refractivity contribution in [1.29, 1.82) is 0 Å². The molecule has 6 heteroatoms. The van der Waals surface area contributed by atoms with Gasteiger partial charge >= 0.3 is 0 Å². The van der Waals surface area contributed by atoms with Crippen molar-refractivity contribution in [2.45, 2.75) is 70.9 Å². The summed E-state index contributed by atoms with van der Waals surface area (Å²) in [5.74, 6) is 0.787. The van der Waals surface area contributed by atoms with Crippen LogP contribution in [0, 0.1) is 5.92 Å². The standard InChI is InChI=1S/C15H28N2O3S/c1-3-11-21(19,20)17-10-4-5-14(17)15(18)16-13-8-6-12(2)7-9-13/h12-14H,3-11H2,1-2H3,(H,16,18). The van der Waals surface area contributed by atoms with E-state index in [0.717, 1.165) is 38.0 Å². The normalized spacial score (nSPS) is 31.2. The quantitative estimate of drug-likeness (QED) is 0.842. The number of hydrogen-bond acceptors (Lipinski definition) is 3. The van der Waals surface area contributed by atoms with Gasteiger partial charge in [0.15, 0.2) is 0 Å². The number of sulfonamides is 1. The Morgan fingerprint density at radius 3 is 2.48 bits per heavy atom. The van der Waals surface area contributed by atoms with Crippen LogP contribution in [-0.4, -0.2) is 43.0 Å². The fraction of sp³-hybridized carbons (Fsp3) is 0.933. The van der Waals surface area contributed by atoms with Gasteiger partial charge in [-0.2, -0.15) is 4.31 Å². The number of nitrogens with one attached hydrogen (secondary N) is 1. The van der Waals surface area contributed by atoms with Gasteiger partial charge in [-0.25, -0.2) is 8.42 Å². The molecule has 21 heavy (non-hydrogen) atoms. The van der Waals surface area contributed by atoms with Gasteiger partial charge < -0.3 is 5.32 Å². The minimum absolute atomic E-state index is 0.0910. The molecule has 1 heterocycles. The second-order valence-corrected chi connectivity index (χ2v) is 8.59. The summed E-state index contributed by atoms with van der Waals surface area (Å²) in [5.41, 5.74) is 0. The van der Waals surface area contributed by atoms with E-state index in [1.807, 2.05) is 6.92 Å². The Bertz CT molecular complexity index is 456. The summed E-state index contributed by atoms with van der Waals surface area (Å²) in [4.78, 5) is 12.4. The molecule has 2 fully saturated rings. The summed E-state index contributed by atoms with van der Waals surface area (Å²) in [5, 5.41) is 3.08. The summed E-state index contributed by atoms with van der Waals surface area (Å²) >= 11 is 0. The summed E-state index contributed by atoms with van der Waals surface area (Å²) in [6.07, 6.45) is 6.35. The van der Waals surface area contributed by atoms with E-state index >= 15 is 0 Å². The minimum Gasteiger partial charge on any atom is -0.352 e. The van der Waals surface area contributed by atoms with Gasteiger partial charge in [0.25, 0.3) is 0 Å². The molecule has 1 aliphatic heterocycles. The van der Waals surface area contributed by atoms with E-state index in [-0.39, 0.29) is 17.7 Å². The van der Waals surface area contributed by atoms with Crippen LogP contribution in [0.5, 0.6) is 0 Å². The predicted molar refractivity (Wildman–Crippen MR) is 83.4 cm³/mol. The lowest BCUT2D eigenvalue weighted by molar-refractivity contribution is -0.125. The third-order valence-electron chi connectivity index (χ3n) is 4.69. The minimum atomic E-state index is -3.28. The van der Waals surface area contributed by atoms with Crippen LogP contribution in [0.1, 0.15) is 58.8 Å². The van der Waals surface area contributed by atoms with Crippen molar-refractivity contribution < 1.29 is 13.2 Å². The maximum Gasteiger partial charge on any atom is 0.238 e. The zero-order chi connectivity index (χ0) is 15.5. The van der Waals surface area contributed by atoms with Gasteiger partial charge in [-0.15, -0.1) is 0 Å². The first-order chi connectivity index (χ1) is 9.94. The second kappa shape index (κ2) is 7.09. The van der Waals surface area contributed by atoms with E-state index in [4.69, 9.17) is 0 Å². The fourth-order valence-electron chi connectivity index (χ4n) is 3.41. The van der Waals surface area contributed by atoms with Crippen LogP contribution in [0.25, 0.3) is 0 Å². The van der Waals surface area contributed by atoms with Crippen molar-refractivity contribution in [2.75, 3.05) is 12.3 Å². The molecule has 0 aromatic carbocycles. The Hall–Kier alpha value is -0.620. The van der Waals surface area contributed by atoms with Crippen LogP contribution < -0.4 is 5.32 Å². The molecule has 2 rings (SSSR count). The van der Waals surface area contributed by atoms with Crippen molar-refractivity contribution >= 4 is 15.9 Å². The van der Waals surface area contributed by atoms with Gasteiger partial charge in [-0.1, -0.05) is 13.8 Å². The molecular weight excluding hydrogens is 288 g/mol. The Morgan fingerprint density at radius 2 is 1.86 bits per heavy atom. The van der Waals surface area contributed by atoms with Crippen LogP contribution in [0.2, 0.25) is 0 Å². The smallest absolute Gasteiger partial charge is 0.238 e. The van der Waals surface area contributed by atoms with E-state index < -0.39 is 16.1 Å². The van der Waals surface area contributed by atoms with Crippen molar-refractivity contribution in [2.24, 2.45) is 5.92 Å². The third kappa shape index (κ3) is 4.19. The fourth-order valence-corrected chi connectivity index (χ4v) is 5.16. The Kier molecular flexibility index (Phi) is 5.66. The summed E-state index contributed by atoms with van der Waals surface area (Å²) < 4.78 is 25.9. The average molecular weight is 316 g/mol. The molecule has 1 atom stereocenters. The van der Waals surface area contributed by atoms with Crippen LogP contribution in [0.4, 0.5) is 0 Å². The molecule has 0 aromatic rings.